The third-order valence-corrected chi connectivity index (χ3v) is 4.01. The predicted molar refractivity (Wildman–Crippen MR) is 59.3 cm³/mol. The second-order valence-electron chi connectivity index (χ2n) is 4.24. The Morgan fingerprint density at radius 3 is 2.73 bits per heavy atom. The van der Waals surface area contributed by atoms with Crippen LogP contribution in [0.25, 0.3) is 0 Å². The normalized spacial score (nSPS) is 27.9. The minimum absolute atomic E-state index is 0.110. The van der Waals surface area contributed by atoms with Crippen molar-refractivity contribution in [2.45, 2.75) is 25.3 Å². The van der Waals surface area contributed by atoms with Crippen molar-refractivity contribution >= 4 is 10.0 Å². The lowest BCUT2D eigenvalue weighted by molar-refractivity contribution is 0.0387. The van der Waals surface area contributed by atoms with Gasteiger partial charge in [-0.05, 0) is 26.8 Å². The van der Waals surface area contributed by atoms with Gasteiger partial charge in [0, 0.05) is 13.2 Å². The number of hydrogen-bond acceptors (Lipinski definition) is 4. The van der Waals surface area contributed by atoms with E-state index in [9.17, 15) is 8.42 Å². The summed E-state index contributed by atoms with van der Waals surface area (Å²) in [4.78, 5) is 0. The van der Waals surface area contributed by atoms with Gasteiger partial charge in [0.2, 0.25) is 10.0 Å². The zero-order chi connectivity index (χ0) is 11.4. The number of rotatable bonds is 5. The van der Waals surface area contributed by atoms with Crippen molar-refractivity contribution in [1.82, 2.24) is 10.0 Å². The molecule has 5 nitrogen and oxygen atoms in total. The van der Waals surface area contributed by atoms with Crippen LogP contribution in [-0.2, 0) is 14.8 Å². The molecule has 0 amide bonds. The lowest BCUT2D eigenvalue weighted by Crippen LogP contribution is -2.52. The number of sulfonamides is 1. The van der Waals surface area contributed by atoms with Gasteiger partial charge >= 0.3 is 0 Å². The molecule has 0 bridgehead atoms. The average Bonchev–Trinajstić information content (AvgIpc) is 2.14. The van der Waals surface area contributed by atoms with Gasteiger partial charge in [-0.25, -0.2) is 13.1 Å². The zero-order valence-corrected chi connectivity index (χ0v) is 10.2. The van der Waals surface area contributed by atoms with Crippen molar-refractivity contribution in [3.63, 3.8) is 0 Å². The summed E-state index contributed by atoms with van der Waals surface area (Å²) in [5, 5.41) is 2.82. The molecule has 0 aromatic rings. The van der Waals surface area contributed by atoms with Gasteiger partial charge in [-0.2, -0.15) is 0 Å². The van der Waals surface area contributed by atoms with E-state index >= 15 is 0 Å². The van der Waals surface area contributed by atoms with Crippen LogP contribution in [0, 0.1) is 0 Å². The number of hydrogen-bond donors (Lipinski definition) is 2. The summed E-state index contributed by atoms with van der Waals surface area (Å²) in [5.74, 6) is 0.110. The van der Waals surface area contributed by atoms with Gasteiger partial charge in [0.25, 0.3) is 0 Å². The van der Waals surface area contributed by atoms with Crippen molar-refractivity contribution < 1.29 is 13.2 Å². The van der Waals surface area contributed by atoms with Crippen molar-refractivity contribution in [3.05, 3.63) is 0 Å². The largest absolute Gasteiger partial charge is 0.380 e. The molecule has 0 radical (unpaired) electrons. The van der Waals surface area contributed by atoms with E-state index in [-0.39, 0.29) is 5.75 Å². The lowest BCUT2D eigenvalue weighted by atomic mass is 9.97. The van der Waals surface area contributed by atoms with E-state index in [1.807, 2.05) is 6.92 Å². The summed E-state index contributed by atoms with van der Waals surface area (Å²) >= 11 is 0. The molecule has 0 aromatic heterocycles. The maximum atomic E-state index is 11.7. The highest BCUT2D eigenvalue weighted by molar-refractivity contribution is 7.89. The van der Waals surface area contributed by atoms with Crippen molar-refractivity contribution in [1.29, 1.82) is 0 Å². The van der Waals surface area contributed by atoms with Gasteiger partial charge in [0.1, 0.15) is 0 Å². The van der Waals surface area contributed by atoms with E-state index in [0.717, 1.165) is 19.4 Å². The average molecular weight is 236 g/mol. The lowest BCUT2D eigenvalue weighted by Gasteiger charge is -2.33. The number of nitrogens with one attached hydrogen (secondary N) is 2. The summed E-state index contributed by atoms with van der Waals surface area (Å²) in [7, 11) is -1.46. The molecule has 90 valence electrons. The topological polar surface area (TPSA) is 67.4 Å². The van der Waals surface area contributed by atoms with Crippen LogP contribution >= 0.6 is 0 Å². The van der Waals surface area contributed by atoms with Crippen LogP contribution in [0.1, 0.15) is 19.8 Å². The molecule has 1 unspecified atom stereocenters. The second-order valence-corrected chi connectivity index (χ2v) is 6.08. The van der Waals surface area contributed by atoms with Crippen LogP contribution in [0.2, 0.25) is 0 Å². The summed E-state index contributed by atoms with van der Waals surface area (Å²) in [6, 6.07) is 0. The number of ether oxygens (including phenoxy) is 1. The van der Waals surface area contributed by atoms with Crippen LogP contribution < -0.4 is 10.0 Å². The Bertz CT molecular complexity index is 284. The first kappa shape index (κ1) is 12.9. The van der Waals surface area contributed by atoms with E-state index in [1.54, 1.807) is 7.05 Å². The SMILES string of the molecule is CNCCS(=O)(=O)NC1(C)CCCOC1. The third kappa shape index (κ3) is 4.46. The standard InChI is InChI=1S/C9H20N2O3S/c1-9(4-3-6-14-8-9)11-15(12,13)7-5-10-2/h10-11H,3-8H2,1-2H3. The van der Waals surface area contributed by atoms with Gasteiger partial charge in [-0.15, -0.1) is 0 Å². The molecule has 1 saturated heterocycles. The molecule has 1 atom stereocenters. The third-order valence-electron chi connectivity index (χ3n) is 2.46. The van der Waals surface area contributed by atoms with Crippen LogP contribution in [0.4, 0.5) is 0 Å². The molecule has 0 spiro atoms. The minimum Gasteiger partial charge on any atom is -0.380 e. The van der Waals surface area contributed by atoms with Crippen molar-refractivity contribution in [3.8, 4) is 0 Å². The highest BCUT2D eigenvalue weighted by Crippen LogP contribution is 2.19. The quantitative estimate of drug-likeness (QED) is 0.687. The zero-order valence-electron chi connectivity index (χ0n) is 9.38. The Balaban J connectivity index is 2.51. The fourth-order valence-electron chi connectivity index (χ4n) is 1.68. The molecule has 1 rings (SSSR count). The molecule has 1 aliphatic heterocycles. The smallest absolute Gasteiger partial charge is 0.213 e. The van der Waals surface area contributed by atoms with E-state index in [1.165, 1.54) is 0 Å². The summed E-state index contributed by atoms with van der Waals surface area (Å²) < 4.78 is 31.3. The van der Waals surface area contributed by atoms with E-state index in [2.05, 4.69) is 10.0 Å². The molecule has 1 aliphatic rings. The Kier molecular flexibility index (Phi) is 4.51. The van der Waals surface area contributed by atoms with E-state index in [0.29, 0.717) is 13.2 Å². The highest BCUT2D eigenvalue weighted by atomic mass is 32.2. The molecule has 1 heterocycles. The second kappa shape index (κ2) is 5.25. The Morgan fingerprint density at radius 2 is 2.20 bits per heavy atom. The predicted octanol–water partition coefficient (Wildman–Crippen LogP) is -0.306. The van der Waals surface area contributed by atoms with Gasteiger partial charge in [-0.3, -0.25) is 0 Å². The van der Waals surface area contributed by atoms with Crippen LogP contribution in [0.3, 0.4) is 0 Å². The summed E-state index contributed by atoms with van der Waals surface area (Å²) in [6.07, 6.45) is 1.75. The van der Waals surface area contributed by atoms with Gasteiger partial charge < -0.3 is 10.1 Å². The first-order chi connectivity index (χ1) is 6.97. The maximum Gasteiger partial charge on any atom is 0.213 e. The van der Waals surface area contributed by atoms with Crippen LogP contribution in [0.15, 0.2) is 0 Å². The maximum absolute atomic E-state index is 11.7. The molecule has 15 heavy (non-hydrogen) atoms. The first-order valence-corrected chi connectivity index (χ1v) is 6.87. The first-order valence-electron chi connectivity index (χ1n) is 5.21. The molecule has 0 aliphatic carbocycles. The molecule has 0 saturated carbocycles. The molecular weight excluding hydrogens is 216 g/mol. The van der Waals surface area contributed by atoms with E-state index in [4.69, 9.17) is 4.74 Å². The Hall–Kier alpha value is -0.170. The molecule has 6 heteroatoms. The van der Waals surface area contributed by atoms with Crippen LogP contribution in [0.5, 0.6) is 0 Å². The van der Waals surface area contributed by atoms with Crippen LogP contribution in [-0.4, -0.2) is 46.5 Å². The van der Waals surface area contributed by atoms with Gasteiger partial charge in [0.15, 0.2) is 0 Å². The highest BCUT2D eigenvalue weighted by Gasteiger charge is 2.31. The Labute approximate surface area is 91.6 Å². The van der Waals surface area contributed by atoms with Gasteiger partial charge in [0.05, 0.1) is 17.9 Å². The molecular formula is C9H20N2O3S. The molecule has 0 aromatic carbocycles. The van der Waals surface area contributed by atoms with Crippen molar-refractivity contribution in [2.24, 2.45) is 0 Å². The fourth-order valence-corrected chi connectivity index (χ4v) is 3.16. The summed E-state index contributed by atoms with van der Waals surface area (Å²) in [5.41, 5.74) is -0.426. The minimum atomic E-state index is -3.19. The van der Waals surface area contributed by atoms with E-state index < -0.39 is 15.6 Å². The molecule has 1 fully saturated rings. The van der Waals surface area contributed by atoms with Gasteiger partial charge in [-0.1, -0.05) is 0 Å². The summed E-state index contributed by atoms with van der Waals surface area (Å²) in [6.45, 7) is 3.55. The Morgan fingerprint density at radius 1 is 1.47 bits per heavy atom. The monoisotopic (exact) mass is 236 g/mol. The fraction of sp³-hybridized carbons (Fsp3) is 1.00. The van der Waals surface area contributed by atoms with Crippen molar-refractivity contribution in [2.75, 3.05) is 32.6 Å². The molecule has 2 N–H and O–H groups in total.